The Morgan fingerprint density at radius 2 is 2.17 bits per heavy atom. The molecule has 2 N–H and O–H groups in total. The molecule has 2 fully saturated rings. The Morgan fingerprint density at radius 1 is 1.39 bits per heavy atom. The smallest absolute Gasteiger partial charge is 0.317 e. The molecule has 0 aromatic heterocycles. The van der Waals surface area contributed by atoms with Gasteiger partial charge in [0.2, 0.25) is 0 Å². The molecule has 104 valence electrons. The maximum Gasteiger partial charge on any atom is 0.317 e. The van der Waals surface area contributed by atoms with E-state index in [2.05, 4.69) is 11.6 Å². The zero-order valence-corrected chi connectivity index (χ0v) is 11.9. The molecule has 4 nitrogen and oxygen atoms in total. The molecular weight excluding hydrogens is 248 g/mol. The van der Waals surface area contributed by atoms with Gasteiger partial charge in [-0.1, -0.05) is 6.42 Å². The number of nitrogens with one attached hydrogen (secondary N) is 1. The Bertz CT molecular complexity index is 284. The number of aliphatic hydroxyl groups excluding tert-OH is 1. The normalized spacial score (nSPS) is 27.9. The van der Waals surface area contributed by atoms with Crippen LogP contribution in [0.1, 0.15) is 38.5 Å². The van der Waals surface area contributed by atoms with E-state index >= 15 is 0 Å². The van der Waals surface area contributed by atoms with Crippen molar-refractivity contribution >= 4 is 17.8 Å². The Labute approximate surface area is 113 Å². The fraction of sp³-hybridized carbons (Fsp3) is 0.923. The number of hydrogen-bond acceptors (Lipinski definition) is 3. The molecule has 18 heavy (non-hydrogen) atoms. The number of urea groups is 1. The highest BCUT2D eigenvalue weighted by Crippen LogP contribution is 2.29. The van der Waals surface area contributed by atoms with Gasteiger partial charge in [-0.15, -0.1) is 0 Å². The van der Waals surface area contributed by atoms with Gasteiger partial charge in [-0.05, 0) is 38.4 Å². The predicted molar refractivity (Wildman–Crippen MR) is 74.9 cm³/mol. The van der Waals surface area contributed by atoms with Gasteiger partial charge in [0, 0.05) is 23.9 Å². The van der Waals surface area contributed by atoms with Crippen LogP contribution in [-0.4, -0.2) is 52.8 Å². The Hall–Kier alpha value is -0.420. The lowest BCUT2D eigenvalue weighted by Crippen LogP contribution is -2.48. The first-order valence-corrected chi connectivity index (χ1v) is 8.24. The molecule has 0 bridgehead atoms. The lowest BCUT2D eigenvalue weighted by molar-refractivity contribution is 0.168. The van der Waals surface area contributed by atoms with E-state index in [1.807, 2.05) is 16.7 Å². The monoisotopic (exact) mass is 272 g/mol. The quantitative estimate of drug-likeness (QED) is 0.803. The SMILES string of the molecule is CSC1CCCC(NC(=O)N(CCO)C2CC2)C1. The average Bonchev–Trinajstić information content (AvgIpc) is 3.20. The zero-order valence-electron chi connectivity index (χ0n) is 11.1. The van der Waals surface area contributed by atoms with Gasteiger partial charge in [0.05, 0.1) is 6.61 Å². The molecule has 0 aromatic carbocycles. The summed E-state index contributed by atoms with van der Waals surface area (Å²) >= 11 is 1.91. The highest BCUT2D eigenvalue weighted by atomic mass is 32.2. The molecule has 0 spiro atoms. The fourth-order valence-corrected chi connectivity index (χ4v) is 3.52. The first-order valence-electron chi connectivity index (χ1n) is 6.95. The third-order valence-corrected chi connectivity index (χ3v) is 4.97. The van der Waals surface area contributed by atoms with Crippen molar-refractivity contribution in [2.75, 3.05) is 19.4 Å². The molecule has 2 aliphatic rings. The number of hydrogen-bond donors (Lipinski definition) is 2. The Kier molecular flexibility index (Phi) is 5.18. The summed E-state index contributed by atoms with van der Waals surface area (Å²) in [7, 11) is 0. The summed E-state index contributed by atoms with van der Waals surface area (Å²) in [6.07, 6.45) is 9.00. The maximum absolute atomic E-state index is 12.2. The minimum absolute atomic E-state index is 0.0262. The topological polar surface area (TPSA) is 52.6 Å². The summed E-state index contributed by atoms with van der Waals surface area (Å²) in [5, 5.41) is 12.9. The summed E-state index contributed by atoms with van der Waals surface area (Å²) in [4.78, 5) is 14.0. The van der Waals surface area contributed by atoms with E-state index < -0.39 is 0 Å². The second-order valence-electron chi connectivity index (χ2n) is 5.32. The number of nitrogens with zero attached hydrogens (tertiary/aromatic N) is 1. The fourth-order valence-electron chi connectivity index (χ4n) is 2.69. The van der Waals surface area contributed by atoms with Gasteiger partial charge >= 0.3 is 6.03 Å². The summed E-state index contributed by atoms with van der Waals surface area (Å²) in [5.41, 5.74) is 0. The molecule has 5 heteroatoms. The van der Waals surface area contributed by atoms with Crippen molar-refractivity contribution in [3.05, 3.63) is 0 Å². The standard InChI is InChI=1S/C13H24N2O2S/c1-18-12-4-2-3-10(9-12)14-13(17)15(7-8-16)11-5-6-11/h10-12,16H,2-9H2,1H3,(H,14,17). The second kappa shape index (κ2) is 6.66. The summed E-state index contributed by atoms with van der Waals surface area (Å²) in [5.74, 6) is 0. The van der Waals surface area contributed by atoms with Gasteiger partial charge < -0.3 is 15.3 Å². The number of thioether (sulfide) groups is 1. The summed E-state index contributed by atoms with van der Waals surface area (Å²) in [6, 6.07) is 0.721. The van der Waals surface area contributed by atoms with Crippen molar-refractivity contribution in [3.8, 4) is 0 Å². The van der Waals surface area contributed by atoms with Crippen LogP contribution in [0.4, 0.5) is 4.79 Å². The largest absolute Gasteiger partial charge is 0.395 e. The van der Waals surface area contributed by atoms with Crippen LogP contribution in [0.2, 0.25) is 0 Å². The average molecular weight is 272 g/mol. The molecule has 0 aromatic rings. The molecule has 0 heterocycles. The second-order valence-corrected chi connectivity index (χ2v) is 6.46. The highest BCUT2D eigenvalue weighted by molar-refractivity contribution is 7.99. The summed E-state index contributed by atoms with van der Waals surface area (Å²) < 4.78 is 0. The van der Waals surface area contributed by atoms with E-state index in [9.17, 15) is 4.79 Å². The molecular formula is C13H24N2O2S. The minimum atomic E-state index is 0.0262. The zero-order chi connectivity index (χ0) is 13.0. The number of amides is 2. The predicted octanol–water partition coefficient (Wildman–Crippen LogP) is 1.83. The minimum Gasteiger partial charge on any atom is -0.395 e. The number of carbonyl (C=O) groups is 1. The number of aliphatic hydroxyl groups is 1. The molecule has 2 atom stereocenters. The summed E-state index contributed by atoms with van der Waals surface area (Å²) in [6.45, 7) is 0.525. The maximum atomic E-state index is 12.2. The van der Waals surface area contributed by atoms with E-state index in [1.165, 1.54) is 12.8 Å². The van der Waals surface area contributed by atoms with Crippen LogP contribution in [0, 0.1) is 0 Å². The van der Waals surface area contributed by atoms with Gasteiger partial charge in [0.15, 0.2) is 0 Å². The van der Waals surface area contributed by atoms with Crippen LogP contribution in [0.25, 0.3) is 0 Å². The van der Waals surface area contributed by atoms with Crippen molar-refractivity contribution < 1.29 is 9.90 Å². The number of rotatable bonds is 5. The molecule has 0 radical (unpaired) electrons. The van der Waals surface area contributed by atoms with Crippen molar-refractivity contribution in [3.63, 3.8) is 0 Å². The first kappa shape index (κ1) is 14.0. The van der Waals surface area contributed by atoms with Gasteiger partial charge in [-0.3, -0.25) is 0 Å². The van der Waals surface area contributed by atoms with Crippen LogP contribution in [0.5, 0.6) is 0 Å². The van der Waals surface area contributed by atoms with Gasteiger partial charge in [0.1, 0.15) is 0 Å². The third-order valence-electron chi connectivity index (χ3n) is 3.88. The molecule has 2 unspecified atom stereocenters. The molecule has 2 rings (SSSR count). The Balaban J connectivity index is 1.81. The molecule has 0 saturated heterocycles. The third kappa shape index (κ3) is 3.79. The van der Waals surface area contributed by atoms with Gasteiger partial charge in [-0.25, -0.2) is 4.79 Å². The van der Waals surface area contributed by atoms with Gasteiger partial charge in [0.25, 0.3) is 0 Å². The van der Waals surface area contributed by atoms with Crippen LogP contribution in [-0.2, 0) is 0 Å². The molecule has 0 aliphatic heterocycles. The van der Waals surface area contributed by atoms with Crippen LogP contribution in [0.15, 0.2) is 0 Å². The van der Waals surface area contributed by atoms with E-state index in [0.29, 0.717) is 23.9 Å². The highest BCUT2D eigenvalue weighted by Gasteiger charge is 2.33. The van der Waals surface area contributed by atoms with E-state index in [4.69, 9.17) is 5.11 Å². The molecule has 2 amide bonds. The first-order chi connectivity index (χ1) is 8.74. The molecule has 2 aliphatic carbocycles. The van der Waals surface area contributed by atoms with E-state index in [-0.39, 0.29) is 12.6 Å². The van der Waals surface area contributed by atoms with E-state index in [0.717, 1.165) is 25.7 Å². The van der Waals surface area contributed by atoms with Crippen molar-refractivity contribution in [2.45, 2.75) is 55.9 Å². The molecule has 2 saturated carbocycles. The van der Waals surface area contributed by atoms with Crippen LogP contribution >= 0.6 is 11.8 Å². The van der Waals surface area contributed by atoms with Crippen LogP contribution < -0.4 is 5.32 Å². The van der Waals surface area contributed by atoms with Gasteiger partial charge in [-0.2, -0.15) is 11.8 Å². The lowest BCUT2D eigenvalue weighted by atomic mass is 9.95. The van der Waals surface area contributed by atoms with Crippen LogP contribution in [0.3, 0.4) is 0 Å². The van der Waals surface area contributed by atoms with Crippen molar-refractivity contribution in [1.29, 1.82) is 0 Å². The van der Waals surface area contributed by atoms with Crippen molar-refractivity contribution in [2.24, 2.45) is 0 Å². The van der Waals surface area contributed by atoms with E-state index in [1.54, 1.807) is 0 Å². The number of carbonyl (C=O) groups excluding carboxylic acids is 1. The lowest BCUT2D eigenvalue weighted by Gasteiger charge is -2.31. The van der Waals surface area contributed by atoms with Crippen molar-refractivity contribution in [1.82, 2.24) is 10.2 Å². The Morgan fingerprint density at radius 3 is 2.78 bits per heavy atom.